The molecule has 0 spiro atoms. The quantitative estimate of drug-likeness (QED) is 0.447. The van der Waals surface area contributed by atoms with Crippen molar-refractivity contribution in [1.82, 2.24) is 0 Å². The highest BCUT2D eigenvalue weighted by atomic mass is 16.5. The Morgan fingerprint density at radius 1 is 1.44 bits per heavy atom. The van der Waals surface area contributed by atoms with Gasteiger partial charge in [0.15, 0.2) is 0 Å². The van der Waals surface area contributed by atoms with Crippen LogP contribution in [0.1, 0.15) is 19.3 Å². The first kappa shape index (κ1) is 5.48. The van der Waals surface area contributed by atoms with Gasteiger partial charge in [-0.25, -0.2) is 0 Å². The molecule has 2 rings (SSSR count). The summed E-state index contributed by atoms with van der Waals surface area (Å²) >= 11 is 0. The summed E-state index contributed by atoms with van der Waals surface area (Å²) in [6.45, 7) is 4.80. The monoisotopic (exact) mass is 124 g/mol. The number of hydrogen-bond acceptors (Lipinski definition) is 1. The summed E-state index contributed by atoms with van der Waals surface area (Å²) in [7, 11) is 0. The first-order chi connectivity index (χ1) is 4.38. The average molecular weight is 124 g/mol. The van der Waals surface area contributed by atoms with E-state index >= 15 is 0 Å². The molecule has 2 aliphatic rings. The molecule has 0 bridgehead atoms. The zero-order valence-corrected chi connectivity index (χ0v) is 5.60. The van der Waals surface area contributed by atoms with Gasteiger partial charge in [0.25, 0.3) is 0 Å². The molecule has 2 atom stereocenters. The van der Waals surface area contributed by atoms with Crippen molar-refractivity contribution in [3.05, 3.63) is 12.2 Å². The first-order valence-electron chi connectivity index (χ1n) is 3.67. The van der Waals surface area contributed by atoms with E-state index in [0.29, 0.717) is 6.10 Å². The second kappa shape index (κ2) is 1.84. The van der Waals surface area contributed by atoms with Gasteiger partial charge in [0.1, 0.15) is 0 Å². The van der Waals surface area contributed by atoms with E-state index in [1.165, 1.54) is 24.8 Å². The standard InChI is InChI=1S/C8H12O/c1-6-5-9-8-4-2-3-7(6)8/h7-8H,1-5H2. The minimum atomic E-state index is 0.553. The summed E-state index contributed by atoms with van der Waals surface area (Å²) in [5.41, 5.74) is 1.33. The summed E-state index contributed by atoms with van der Waals surface area (Å²) in [6, 6.07) is 0. The Morgan fingerprint density at radius 2 is 2.33 bits per heavy atom. The Balaban J connectivity index is 2.15. The third-order valence-electron chi connectivity index (χ3n) is 2.46. The second-order valence-electron chi connectivity index (χ2n) is 3.05. The molecule has 0 aromatic carbocycles. The molecule has 0 aromatic heterocycles. The molecular formula is C8H12O. The van der Waals surface area contributed by atoms with Crippen molar-refractivity contribution in [1.29, 1.82) is 0 Å². The van der Waals surface area contributed by atoms with Gasteiger partial charge in [-0.2, -0.15) is 0 Å². The maximum Gasteiger partial charge on any atom is 0.0681 e. The van der Waals surface area contributed by atoms with Crippen LogP contribution < -0.4 is 0 Å². The smallest absolute Gasteiger partial charge is 0.0681 e. The van der Waals surface area contributed by atoms with E-state index in [0.717, 1.165) is 12.5 Å². The molecule has 0 amide bonds. The Morgan fingerprint density at radius 3 is 3.11 bits per heavy atom. The molecule has 2 fully saturated rings. The van der Waals surface area contributed by atoms with Crippen LogP contribution in [-0.2, 0) is 4.74 Å². The van der Waals surface area contributed by atoms with Gasteiger partial charge >= 0.3 is 0 Å². The lowest BCUT2D eigenvalue weighted by Crippen LogP contribution is -2.06. The van der Waals surface area contributed by atoms with Crippen molar-refractivity contribution in [2.45, 2.75) is 25.4 Å². The van der Waals surface area contributed by atoms with E-state index in [-0.39, 0.29) is 0 Å². The lowest BCUT2D eigenvalue weighted by atomic mass is 10.0. The molecule has 1 aliphatic carbocycles. The number of rotatable bonds is 0. The van der Waals surface area contributed by atoms with Crippen LogP contribution in [0.4, 0.5) is 0 Å². The first-order valence-corrected chi connectivity index (χ1v) is 3.67. The maximum atomic E-state index is 5.49. The molecule has 0 N–H and O–H groups in total. The van der Waals surface area contributed by atoms with Crippen molar-refractivity contribution >= 4 is 0 Å². The number of hydrogen-bond donors (Lipinski definition) is 0. The SMILES string of the molecule is C=C1COC2CCCC12. The Kier molecular flexibility index (Phi) is 1.12. The fourth-order valence-electron chi connectivity index (χ4n) is 1.91. The molecule has 50 valence electrons. The van der Waals surface area contributed by atoms with Crippen LogP contribution in [0.5, 0.6) is 0 Å². The minimum Gasteiger partial charge on any atom is -0.373 e. The van der Waals surface area contributed by atoms with Crippen LogP contribution in [-0.4, -0.2) is 12.7 Å². The topological polar surface area (TPSA) is 9.23 Å². The van der Waals surface area contributed by atoms with Gasteiger partial charge in [-0.05, 0) is 18.4 Å². The predicted molar refractivity (Wildman–Crippen MR) is 36.2 cm³/mol. The van der Waals surface area contributed by atoms with Crippen molar-refractivity contribution in [2.24, 2.45) is 5.92 Å². The predicted octanol–water partition coefficient (Wildman–Crippen LogP) is 1.74. The molecular weight excluding hydrogens is 112 g/mol. The van der Waals surface area contributed by atoms with E-state index in [4.69, 9.17) is 4.74 Å². The van der Waals surface area contributed by atoms with Crippen LogP contribution in [0.3, 0.4) is 0 Å². The fourth-order valence-corrected chi connectivity index (χ4v) is 1.91. The molecule has 1 nitrogen and oxygen atoms in total. The van der Waals surface area contributed by atoms with Gasteiger partial charge in [-0.3, -0.25) is 0 Å². The van der Waals surface area contributed by atoms with E-state index in [9.17, 15) is 0 Å². The van der Waals surface area contributed by atoms with Crippen LogP contribution in [0, 0.1) is 5.92 Å². The normalized spacial score (nSPS) is 41.6. The molecule has 0 aromatic rings. The average Bonchev–Trinajstić information content (AvgIpc) is 2.35. The van der Waals surface area contributed by atoms with Crippen molar-refractivity contribution in [3.63, 3.8) is 0 Å². The Hall–Kier alpha value is -0.300. The van der Waals surface area contributed by atoms with Gasteiger partial charge in [0, 0.05) is 5.92 Å². The Bertz CT molecular complexity index is 140. The highest BCUT2D eigenvalue weighted by Crippen LogP contribution is 2.37. The highest BCUT2D eigenvalue weighted by Gasteiger charge is 2.34. The van der Waals surface area contributed by atoms with Crippen LogP contribution in [0.25, 0.3) is 0 Å². The van der Waals surface area contributed by atoms with Crippen molar-refractivity contribution < 1.29 is 4.74 Å². The molecule has 1 heterocycles. The van der Waals surface area contributed by atoms with Crippen LogP contribution in [0.2, 0.25) is 0 Å². The fraction of sp³-hybridized carbons (Fsp3) is 0.750. The molecule has 1 saturated heterocycles. The largest absolute Gasteiger partial charge is 0.373 e. The van der Waals surface area contributed by atoms with Gasteiger partial charge in [-0.1, -0.05) is 13.0 Å². The maximum absolute atomic E-state index is 5.49. The second-order valence-corrected chi connectivity index (χ2v) is 3.05. The van der Waals surface area contributed by atoms with E-state index in [1.54, 1.807) is 0 Å². The number of fused-ring (bicyclic) bond motifs is 1. The van der Waals surface area contributed by atoms with Crippen LogP contribution in [0.15, 0.2) is 12.2 Å². The van der Waals surface area contributed by atoms with Gasteiger partial charge in [0.2, 0.25) is 0 Å². The van der Waals surface area contributed by atoms with Gasteiger partial charge in [0.05, 0.1) is 12.7 Å². The van der Waals surface area contributed by atoms with Gasteiger partial charge in [-0.15, -0.1) is 0 Å². The number of ether oxygens (including phenoxy) is 1. The minimum absolute atomic E-state index is 0.553. The van der Waals surface area contributed by atoms with E-state index in [2.05, 4.69) is 6.58 Å². The molecule has 1 saturated carbocycles. The van der Waals surface area contributed by atoms with Crippen molar-refractivity contribution in [3.8, 4) is 0 Å². The molecule has 1 heteroatoms. The highest BCUT2D eigenvalue weighted by molar-refractivity contribution is 5.10. The van der Waals surface area contributed by atoms with E-state index in [1.807, 2.05) is 0 Å². The molecule has 0 radical (unpaired) electrons. The Labute approximate surface area is 55.7 Å². The molecule has 1 aliphatic heterocycles. The zero-order chi connectivity index (χ0) is 6.27. The van der Waals surface area contributed by atoms with Gasteiger partial charge < -0.3 is 4.74 Å². The third kappa shape index (κ3) is 0.715. The summed E-state index contributed by atoms with van der Waals surface area (Å²) in [5.74, 6) is 0.727. The third-order valence-corrected chi connectivity index (χ3v) is 2.46. The van der Waals surface area contributed by atoms with Crippen LogP contribution >= 0.6 is 0 Å². The summed E-state index contributed by atoms with van der Waals surface area (Å²) in [5, 5.41) is 0. The molecule has 9 heavy (non-hydrogen) atoms. The summed E-state index contributed by atoms with van der Waals surface area (Å²) in [6.07, 6.45) is 4.49. The lowest BCUT2D eigenvalue weighted by molar-refractivity contribution is 0.104. The molecule has 2 unspecified atom stereocenters. The lowest BCUT2D eigenvalue weighted by Gasteiger charge is -2.05. The summed E-state index contributed by atoms with van der Waals surface area (Å²) in [4.78, 5) is 0. The van der Waals surface area contributed by atoms with E-state index < -0.39 is 0 Å². The van der Waals surface area contributed by atoms with Crippen molar-refractivity contribution in [2.75, 3.05) is 6.61 Å². The summed E-state index contributed by atoms with van der Waals surface area (Å²) < 4.78 is 5.49. The zero-order valence-electron chi connectivity index (χ0n) is 5.60.